The number of nitrogen functional groups attached to an aromatic ring is 3. The highest BCUT2D eigenvalue weighted by Crippen LogP contribution is 2.36. The summed E-state index contributed by atoms with van der Waals surface area (Å²) in [5, 5.41) is 9.37. The van der Waals surface area contributed by atoms with Crippen molar-refractivity contribution < 1.29 is 5.11 Å². The Labute approximate surface area is 161 Å². The summed E-state index contributed by atoms with van der Waals surface area (Å²) in [6, 6.07) is 15.0. The van der Waals surface area contributed by atoms with E-state index in [2.05, 4.69) is 9.71 Å². The van der Waals surface area contributed by atoms with E-state index >= 15 is 0 Å². The van der Waals surface area contributed by atoms with E-state index in [0.717, 1.165) is 16.4 Å². The molecule has 0 saturated heterocycles. The predicted octanol–water partition coefficient (Wildman–Crippen LogP) is 4.30. The Morgan fingerprint density at radius 2 is 1.77 bits per heavy atom. The highest BCUT2D eigenvalue weighted by atomic mass is 35.5. The summed E-state index contributed by atoms with van der Waals surface area (Å²) in [7, 11) is 0. The second-order valence-electron chi connectivity index (χ2n) is 5.35. The van der Waals surface area contributed by atoms with Crippen LogP contribution in [0.4, 0.5) is 22.9 Å². The van der Waals surface area contributed by atoms with Crippen LogP contribution in [0.3, 0.4) is 0 Å². The quantitative estimate of drug-likeness (QED) is 0.257. The second-order valence-corrected chi connectivity index (χ2v) is 6.60. The van der Waals surface area contributed by atoms with Gasteiger partial charge in [-0.15, -0.1) is 0 Å². The molecule has 2 aromatic carbocycles. The molecular weight excluding hydrogens is 370 g/mol. The van der Waals surface area contributed by atoms with Gasteiger partial charge in [-0.25, -0.2) is 4.98 Å². The molecule has 6 nitrogen and oxygen atoms in total. The molecule has 0 aliphatic carbocycles. The number of hydrogen-bond donors (Lipinski definition) is 5. The van der Waals surface area contributed by atoms with Crippen molar-refractivity contribution in [3.63, 3.8) is 0 Å². The first kappa shape index (κ1) is 19.6. The summed E-state index contributed by atoms with van der Waals surface area (Å²) >= 11 is 7.15. The average molecular weight is 390 g/mol. The molecule has 0 spiro atoms. The van der Waals surface area contributed by atoms with Gasteiger partial charge in [-0.2, -0.15) is 0 Å². The topological polar surface area (TPSA) is 123 Å². The maximum Gasteiger partial charge on any atom is 0.139 e. The Morgan fingerprint density at radius 1 is 1.08 bits per heavy atom. The fraction of sp³-hybridized carbons (Fsp3) is 0.0556. The monoisotopic (exact) mass is 389 g/mol. The van der Waals surface area contributed by atoms with Gasteiger partial charge in [0.05, 0.1) is 11.4 Å². The normalized spacial score (nSPS) is 9.92. The van der Waals surface area contributed by atoms with Gasteiger partial charge in [-0.1, -0.05) is 17.7 Å². The molecule has 26 heavy (non-hydrogen) atoms. The number of anilines is 4. The molecule has 0 aliphatic rings. The summed E-state index contributed by atoms with van der Waals surface area (Å²) in [5.74, 6) is 0.845. The fourth-order valence-electron chi connectivity index (χ4n) is 1.88. The third-order valence-corrected chi connectivity index (χ3v) is 4.52. The van der Waals surface area contributed by atoms with Crippen molar-refractivity contribution in [2.45, 2.75) is 11.8 Å². The van der Waals surface area contributed by atoms with Gasteiger partial charge in [0, 0.05) is 16.8 Å². The summed E-state index contributed by atoms with van der Waals surface area (Å²) in [6.45, 7) is 1.71. The first-order valence-corrected chi connectivity index (χ1v) is 8.80. The minimum atomic E-state index is -0.00151. The number of aromatic nitrogens is 1. The van der Waals surface area contributed by atoms with E-state index in [9.17, 15) is 5.11 Å². The lowest BCUT2D eigenvalue weighted by molar-refractivity contribution is 0.472. The number of nitrogens with two attached hydrogens (primary N) is 3. The molecule has 0 aliphatic heterocycles. The Bertz CT molecular complexity index is 833. The van der Waals surface area contributed by atoms with Crippen LogP contribution in [-0.2, 0) is 0 Å². The fourth-order valence-corrected chi connectivity index (χ4v) is 2.75. The van der Waals surface area contributed by atoms with E-state index in [1.165, 1.54) is 11.9 Å². The number of rotatable bonds is 3. The van der Waals surface area contributed by atoms with Crippen molar-refractivity contribution in [1.82, 2.24) is 4.98 Å². The maximum atomic E-state index is 9.24. The van der Waals surface area contributed by atoms with Crippen molar-refractivity contribution in [2.75, 3.05) is 21.9 Å². The first-order chi connectivity index (χ1) is 12.4. The number of benzene rings is 2. The standard InChI is InChI=1S/C11H11N3S.C7H9ClN2O/c12-9-4-6-10(7-5-9)15-14-11-3-1-2-8-13-11;1-3-2-4(9)6(10)5(8)7(3)11/h1-8H,12H2,(H,13,14);2,11H,9-10H2,1H3. The largest absolute Gasteiger partial charge is 0.506 e. The zero-order valence-corrected chi connectivity index (χ0v) is 15.7. The van der Waals surface area contributed by atoms with Crippen molar-refractivity contribution in [2.24, 2.45) is 0 Å². The zero-order chi connectivity index (χ0) is 19.1. The number of pyridine rings is 1. The van der Waals surface area contributed by atoms with Crippen molar-refractivity contribution >= 4 is 46.4 Å². The van der Waals surface area contributed by atoms with Crippen molar-refractivity contribution in [1.29, 1.82) is 0 Å². The number of halogens is 1. The molecule has 3 aromatic rings. The molecular formula is C18H20ClN5OS. The molecule has 136 valence electrons. The molecule has 3 rings (SSSR count). The molecule has 0 radical (unpaired) electrons. The van der Waals surface area contributed by atoms with E-state index in [1.807, 2.05) is 42.5 Å². The van der Waals surface area contributed by atoms with Crippen LogP contribution in [0.1, 0.15) is 5.56 Å². The Morgan fingerprint density at radius 3 is 2.38 bits per heavy atom. The number of hydrogen-bond acceptors (Lipinski definition) is 7. The Balaban J connectivity index is 0.000000197. The zero-order valence-electron chi connectivity index (χ0n) is 14.1. The van der Waals surface area contributed by atoms with E-state index in [0.29, 0.717) is 11.3 Å². The third-order valence-electron chi connectivity index (χ3n) is 3.32. The molecule has 8 heteroatoms. The van der Waals surface area contributed by atoms with Gasteiger partial charge in [-0.05, 0) is 66.9 Å². The van der Waals surface area contributed by atoms with Gasteiger partial charge >= 0.3 is 0 Å². The van der Waals surface area contributed by atoms with Crippen LogP contribution >= 0.6 is 23.5 Å². The first-order valence-electron chi connectivity index (χ1n) is 7.61. The van der Waals surface area contributed by atoms with Gasteiger partial charge in [0.25, 0.3) is 0 Å². The number of phenols is 1. The van der Waals surface area contributed by atoms with Gasteiger partial charge in [0.1, 0.15) is 16.6 Å². The van der Waals surface area contributed by atoms with Crippen LogP contribution in [0.25, 0.3) is 0 Å². The van der Waals surface area contributed by atoms with E-state index in [-0.39, 0.29) is 16.5 Å². The van der Waals surface area contributed by atoms with Gasteiger partial charge in [-0.3, -0.25) is 0 Å². The smallest absolute Gasteiger partial charge is 0.139 e. The molecule has 0 bridgehead atoms. The molecule has 1 aromatic heterocycles. The maximum absolute atomic E-state index is 9.24. The second kappa shape index (κ2) is 9.07. The lowest BCUT2D eigenvalue weighted by atomic mass is 10.2. The number of nitrogens with one attached hydrogen (secondary N) is 1. The molecule has 1 heterocycles. The van der Waals surface area contributed by atoms with E-state index in [1.54, 1.807) is 19.2 Å². The number of aromatic hydroxyl groups is 1. The van der Waals surface area contributed by atoms with Crippen LogP contribution in [0, 0.1) is 6.92 Å². The highest BCUT2D eigenvalue weighted by molar-refractivity contribution is 8.00. The summed E-state index contributed by atoms with van der Waals surface area (Å²) in [4.78, 5) is 5.26. The third kappa shape index (κ3) is 5.37. The molecule has 0 amide bonds. The van der Waals surface area contributed by atoms with Crippen LogP contribution in [-0.4, -0.2) is 10.1 Å². The van der Waals surface area contributed by atoms with Crippen molar-refractivity contribution in [3.8, 4) is 5.75 Å². The number of nitrogens with zero attached hydrogens (tertiary/aromatic N) is 1. The minimum Gasteiger partial charge on any atom is -0.506 e. The molecule has 8 N–H and O–H groups in total. The predicted molar refractivity (Wildman–Crippen MR) is 111 cm³/mol. The van der Waals surface area contributed by atoms with Gasteiger partial charge in [0.15, 0.2) is 0 Å². The minimum absolute atomic E-state index is 0.00151. The van der Waals surface area contributed by atoms with Crippen LogP contribution in [0.2, 0.25) is 5.02 Å². The molecule has 0 fully saturated rings. The van der Waals surface area contributed by atoms with E-state index < -0.39 is 0 Å². The van der Waals surface area contributed by atoms with Crippen molar-refractivity contribution in [3.05, 3.63) is 65.3 Å². The summed E-state index contributed by atoms with van der Waals surface area (Å²) in [6.07, 6.45) is 1.76. The lowest BCUT2D eigenvalue weighted by Crippen LogP contribution is -1.96. The molecule has 0 saturated carbocycles. The summed E-state index contributed by atoms with van der Waals surface area (Å²) < 4.78 is 3.15. The van der Waals surface area contributed by atoms with Gasteiger partial charge in [0.2, 0.25) is 0 Å². The summed E-state index contributed by atoms with van der Waals surface area (Å²) in [5.41, 5.74) is 18.5. The number of phenolic OH excluding ortho intramolecular Hbond substituents is 1. The lowest BCUT2D eigenvalue weighted by Gasteiger charge is -2.06. The van der Waals surface area contributed by atoms with Crippen LogP contribution in [0.5, 0.6) is 5.75 Å². The average Bonchev–Trinajstić information content (AvgIpc) is 2.66. The van der Waals surface area contributed by atoms with Gasteiger partial charge < -0.3 is 27.0 Å². The SMILES string of the molecule is Cc1cc(N)c(N)c(Cl)c1O.Nc1ccc(SNc2ccccn2)cc1. The highest BCUT2D eigenvalue weighted by Gasteiger charge is 2.08. The molecule has 0 unspecified atom stereocenters. The Hall–Kier alpha value is -2.77. The Kier molecular flexibility index (Phi) is 6.82. The van der Waals surface area contributed by atoms with Crippen LogP contribution < -0.4 is 21.9 Å². The van der Waals surface area contributed by atoms with Crippen LogP contribution in [0.15, 0.2) is 59.6 Å². The number of aryl methyl sites for hydroxylation is 1. The van der Waals surface area contributed by atoms with E-state index in [4.69, 9.17) is 28.8 Å². The molecule has 0 atom stereocenters.